The molecule has 2 rings (SSSR count). The fraction of sp³-hybridized carbons (Fsp3) is 0.417. The van der Waals surface area contributed by atoms with Gasteiger partial charge in [0.2, 0.25) is 17.6 Å². The number of nitro groups is 1. The molecule has 0 unspecified atom stereocenters. The molecule has 9 heteroatoms. The molecule has 9 nitrogen and oxygen atoms in total. The first-order valence-corrected chi connectivity index (χ1v) is 6.48. The Bertz CT molecular complexity index is 573. The zero-order chi connectivity index (χ0) is 15.4. The smallest absolute Gasteiger partial charge is 0.311 e. The number of carbonyl (C=O) groups excluding carboxylic acids is 2. The fourth-order valence-electron chi connectivity index (χ4n) is 1.95. The van der Waals surface area contributed by atoms with E-state index in [1.807, 2.05) is 6.92 Å². The monoisotopic (exact) mass is 293 g/mol. The summed E-state index contributed by atoms with van der Waals surface area (Å²) in [6.45, 7) is 2.37. The lowest BCUT2D eigenvalue weighted by molar-refractivity contribution is -0.384. The first-order valence-electron chi connectivity index (χ1n) is 6.48. The number of nitrogens with zero attached hydrogens (tertiary/aromatic N) is 3. The van der Waals surface area contributed by atoms with E-state index >= 15 is 0 Å². The third kappa shape index (κ3) is 3.44. The highest BCUT2D eigenvalue weighted by molar-refractivity contribution is 6.02. The topological polar surface area (TPSA) is 117 Å². The van der Waals surface area contributed by atoms with E-state index in [1.165, 1.54) is 17.0 Å². The normalized spacial score (nSPS) is 14.8. The summed E-state index contributed by atoms with van der Waals surface area (Å²) in [4.78, 5) is 38.8. The van der Waals surface area contributed by atoms with Crippen LogP contribution in [-0.4, -0.2) is 41.4 Å². The van der Waals surface area contributed by atoms with E-state index in [1.54, 1.807) is 0 Å². The Labute approximate surface area is 120 Å². The molecule has 0 aliphatic carbocycles. The van der Waals surface area contributed by atoms with Crippen molar-refractivity contribution in [3.8, 4) is 0 Å². The average molecular weight is 293 g/mol. The summed E-state index contributed by atoms with van der Waals surface area (Å²) >= 11 is 0. The van der Waals surface area contributed by atoms with Crippen molar-refractivity contribution in [1.82, 2.24) is 10.3 Å². The highest BCUT2D eigenvalue weighted by Gasteiger charge is 2.29. The van der Waals surface area contributed by atoms with E-state index in [4.69, 9.17) is 0 Å². The quantitative estimate of drug-likeness (QED) is 0.454. The lowest BCUT2D eigenvalue weighted by Gasteiger charge is -2.26. The molecule has 112 valence electrons. The van der Waals surface area contributed by atoms with Crippen LogP contribution < -0.4 is 15.5 Å². The van der Waals surface area contributed by atoms with Gasteiger partial charge >= 0.3 is 5.69 Å². The summed E-state index contributed by atoms with van der Waals surface area (Å²) in [5, 5.41) is 16.2. The highest BCUT2D eigenvalue weighted by Crippen LogP contribution is 2.28. The predicted octanol–water partition coefficient (Wildman–Crippen LogP) is 0.274. The van der Waals surface area contributed by atoms with Crippen LogP contribution in [-0.2, 0) is 9.59 Å². The number of piperazine rings is 1. The molecule has 2 N–H and O–H groups in total. The zero-order valence-corrected chi connectivity index (χ0v) is 11.5. The first kappa shape index (κ1) is 14.7. The summed E-state index contributed by atoms with van der Waals surface area (Å²) in [6.07, 6.45) is 0.874. The van der Waals surface area contributed by atoms with Crippen molar-refractivity contribution in [3.63, 3.8) is 0 Å². The molecule has 2 heterocycles. The van der Waals surface area contributed by atoms with E-state index in [-0.39, 0.29) is 24.6 Å². The molecule has 0 atom stereocenters. The third-order valence-corrected chi connectivity index (χ3v) is 2.85. The number of nitrogens with one attached hydrogen (secondary N) is 2. The van der Waals surface area contributed by atoms with Crippen LogP contribution in [0.15, 0.2) is 12.1 Å². The van der Waals surface area contributed by atoms with Crippen LogP contribution in [0, 0.1) is 10.1 Å². The van der Waals surface area contributed by atoms with Gasteiger partial charge in [0.25, 0.3) is 0 Å². The lowest BCUT2D eigenvalue weighted by atomic mass is 10.3. The standard InChI is InChI=1S/C12H15N5O4/c1-2-5-13-9-4-3-8(17(20)21)12(14-9)16-6-10(18)15-11(19)7-16/h3-4H,2,5-7H2,1H3,(H,13,14)(H,15,18,19). The van der Waals surface area contributed by atoms with Crippen LogP contribution in [0.5, 0.6) is 0 Å². The van der Waals surface area contributed by atoms with Crippen molar-refractivity contribution in [2.45, 2.75) is 13.3 Å². The van der Waals surface area contributed by atoms with Crippen molar-refractivity contribution in [2.75, 3.05) is 29.9 Å². The summed E-state index contributed by atoms with van der Waals surface area (Å²) in [5.41, 5.74) is -0.237. The van der Waals surface area contributed by atoms with Gasteiger partial charge in [-0.05, 0) is 12.5 Å². The Hall–Kier alpha value is -2.71. The SMILES string of the molecule is CCCNc1ccc([N+](=O)[O-])c(N2CC(=O)NC(=O)C2)n1. The maximum Gasteiger partial charge on any atom is 0.311 e. The minimum Gasteiger partial charge on any atom is -0.370 e. The molecule has 1 saturated heterocycles. The van der Waals surface area contributed by atoms with Crippen LogP contribution in [0.25, 0.3) is 0 Å². The average Bonchev–Trinajstić information content (AvgIpc) is 2.43. The van der Waals surface area contributed by atoms with Crippen molar-refractivity contribution in [3.05, 3.63) is 22.2 Å². The molecule has 0 radical (unpaired) electrons. The third-order valence-electron chi connectivity index (χ3n) is 2.85. The van der Waals surface area contributed by atoms with Gasteiger partial charge in [-0.25, -0.2) is 4.98 Å². The summed E-state index contributed by atoms with van der Waals surface area (Å²) in [5.74, 6) is -0.524. The van der Waals surface area contributed by atoms with Crippen molar-refractivity contribution >= 4 is 29.1 Å². The van der Waals surface area contributed by atoms with Gasteiger partial charge in [0, 0.05) is 12.6 Å². The number of pyridine rings is 1. The van der Waals surface area contributed by atoms with Crippen molar-refractivity contribution in [1.29, 1.82) is 0 Å². The molecule has 1 aromatic heterocycles. The van der Waals surface area contributed by atoms with E-state index in [9.17, 15) is 19.7 Å². The Morgan fingerprint density at radius 1 is 1.38 bits per heavy atom. The van der Waals surface area contributed by atoms with E-state index < -0.39 is 16.7 Å². The van der Waals surface area contributed by atoms with E-state index in [0.29, 0.717) is 12.4 Å². The number of anilines is 2. The van der Waals surface area contributed by atoms with Crippen LogP contribution in [0.3, 0.4) is 0 Å². The summed E-state index contributed by atoms with van der Waals surface area (Å²) < 4.78 is 0. The van der Waals surface area contributed by atoms with E-state index in [2.05, 4.69) is 15.6 Å². The zero-order valence-electron chi connectivity index (χ0n) is 11.5. The maximum absolute atomic E-state index is 11.4. The summed E-state index contributed by atoms with van der Waals surface area (Å²) in [7, 11) is 0. The number of carbonyl (C=O) groups is 2. The first-order chi connectivity index (χ1) is 10.0. The van der Waals surface area contributed by atoms with Gasteiger partial charge in [0.15, 0.2) is 0 Å². The molecule has 0 aromatic carbocycles. The molecule has 21 heavy (non-hydrogen) atoms. The van der Waals surface area contributed by atoms with Crippen LogP contribution in [0.2, 0.25) is 0 Å². The van der Waals surface area contributed by atoms with Gasteiger partial charge in [0.05, 0.1) is 18.0 Å². The molecule has 0 spiro atoms. The Balaban J connectivity index is 2.35. The minimum atomic E-state index is -0.580. The predicted molar refractivity (Wildman–Crippen MR) is 75.0 cm³/mol. The highest BCUT2D eigenvalue weighted by atomic mass is 16.6. The van der Waals surface area contributed by atoms with Crippen LogP contribution >= 0.6 is 0 Å². The van der Waals surface area contributed by atoms with Gasteiger partial charge < -0.3 is 10.2 Å². The fourth-order valence-corrected chi connectivity index (χ4v) is 1.95. The number of hydrogen-bond acceptors (Lipinski definition) is 7. The number of hydrogen-bond donors (Lipinski definition) is 2. The minimum absolute atomic E-state index is 0.0179. The second-order valence-corrected chi connectivity index (χ2v) is 4.55. The Kier molecular flexibility index (Phi) is 4.31. The van der Waals surface area contributed by atoms with Gasteiger partial charge in [-0.2, -0.15) is 0 Å². The number of imide groups is 1. The molecule has 0 saturated carbocycles. The maximum atomic E-state index is 11.4. The van der Waals surface area contributed by atoms with Gasteiger partial charge in [-0.15, -0.1) is 0 Å². The number of rotatable bonds is 5. The largest absolute Gasteiger partial charge is 0.370 e. The van der Waals surface area contributed by atoms with Crippen LogP contribution in [0.4, 0.5) is 17.3 Å². The van der Waals surface area contributed by atoms with Gasteiger partial charge in [-0.1, -0.05) is 6.92 Å². The van der Waals surface area contributed by atoms with Crippen LogP contribution in [0.1, 0.15) is 13.3 Å². The molecule has 1 aliphatic rings. The van der Waals surface area contributed by atoms with Gasteiger partial charge in [0.1, 0.15) is 5.82 Å². The van der Waals surface area contributed by atoms with Crippen molar-refractivity contribution in [2.24, 2.45) is 0 Å². The molecule has 1 aromatic rings. The second kappa shape index (κ2) is 6.16. The molecular formula is C12H15N5O4. The molecule has 1 fully saturated rings. The van der Waals surface area contributed by atoms with E-state index in [0.717, 1.165) is 6.42 Å². The number of amides is 2. The number of aromatic nitrogens is 1. The summed E-state index contributed by atoms with van der Waals surface area (Å²) in [6, 6.07) is 2.82. The lowest BCUT2D eigenvalue weighted by Crippen LogP contribution is -2.51. The molecule has 2 amide bonds. The molecular weight excluding hydrogens is 278 g/mol. The Morgan fingerprint density at radius 2 is 2.05 bits per heavy atom. The van der Waals surface area contributed by atoms with Gasteiger partial charge in [-0.3, -0.25) is 25.0 Å². The van der Waals surface area contributed by atoms with Crippen molar-refractivity contribution < 1.29 is 14.5 Å². The Morgan fingerprint density at radius 3 is 2.62 bits per heavy atom. The molecule has 1 aliphatic heterocycles. The second-order valence-electron chi connectivity index (χ2n) is 4.55. The molecule has 0 bridgehead atoms.